The molecular formula is C14H27NO. The van der Waals surface area contributed by atoms with Gasteiger partial charge in [-0.1, -0.05) is 27.2 Å². The number of hydrogen-bond acceptors (Lipinski definition) is 2. The maximum atomic E-state index is 10.5. The van der Waals surface area contributed by atoms with E-state index in [1.807, 2.05) is 0 Å². The molecule has 2 atom stereocenters. The van der Waals surface area contributed by atoms with E-state index in [1.165, 1.54) is 45.1 Å². The summed E-state index contributed by atoms with van der Waals surface area (Å²) in [4.78, 5) is 2.60. The van der Waals surface area contributed by atoms with Gasteiger partial charge in [0.25, 0.3) is 0 Å². The molecule has 0 aromatic rings. The van der Waals surface area contributed by atoms with E-state index < -0.39 is 0 Å². The topological polar surface area (TPSA) is 23.5 Å². The molecule has 2 saturated carbocycles. The molecule has 2 aliphatic carbocycles. The van der Waals surface area contributed by atoms with Gasteiger partial charge in [-0.2, -0.15) is 0 Å². The van der Waals surface area contributed by atoms with Crippen LogP contribution < -0.4 is 0 Å². The van der Waals surface area contributed by atoms with Crippen LogP contribution in [0.15, 0.2) is 0 Å². The smallest absolute Gasteiger partial charge is 0.0746 e. The third-order valence-electron chi connectivity index (χ3n) is 4.41. The molecule has 0 radical (unpaired) electrons. The van der Waals surface area contributed by atoms with Crippen molar-refractivity contribution in [2.75, 3.05) is 6.54 Å². The molecular weight excluding hydrogens is 198 g/mol. The molecule has 2 fully saturated rings. The summed E-state index contributed by atoms with van der Waals surface area (Å²) < 4.78 is 0. The highest BCUT2D eigenvalue weighted by Crippen LogP contribution is 2.41. The second-order valence-electron chi connectivity index (χ2n) is 6.36. The molecule has 0 amide bonds. The summed E-state index contributed by atoms with van der Waals surface area (Å²) >= 11 is 0. The van der Waals surface area contributed by atoms with Gasteiger partial charge in [0.05, 0.1) is 6.10 Å². The molecule has 2 nitrogen and oxygen atoms in total. The van der Waals surface area contributed by atoms with Gasteiger partial charge in [-0.15, -0.1) is 0 Å². The highest BCUT2D eigenvalue weighted by atomic mass is 16.3. The molecule has 2 unspecified atom stereocenters. The molecule has 2 heteroatoms. The van der Waals surface area contributed by atoms with Gasteiger partial charge < -0.3 is 5.11 Å². The van der Waals surface area contributed by atoms with Crippen molar-refractivity contribution < 1.29 is 5.11 Å². The fourth-order valence-corrected chi connectivity index (χ4v) is 3.22. The summed E-state index contributed by atoms with van der Waals surface area (Å²) in [5, 5.41) is 10.5. The minimum Gasteiger partial charge on any atom is -0.391 e. The Morgan fingerprint density at radius 1 is 1.25 bits per heavy atom. The van der Waals surface area contributed by atoms with Crippen molar-refractivity contribution in [1.82, 2.24) is 4.90 Å². The van der Waals surface area contributed by atoms with Crippen molar-refractivity contribution >= 4 is 0 Å². The quantitative estimate of drug-likeness (QED) is 0.795. The van der Waals surface area contributed by atoms with Crippen LogP contribution in [0.2, 0.25) is 0 Å². The molecule has 0 heterocycles. The van der Waals surface area contributed by atoms with Crippen LogP contribution in [0.5, 0.6) is 0 Å². The van der Waals surface area contributed by atoms with Crippen molar-refractivity contribution in [3.63, 3.8) is 0 Å². The number of hydrogen-bond donors (Lipinski definition) is 1. The molecule has 0 aliphatic heterocycles. The van der Waals surface area contributed by atoms with Gasteiger partial charge in [-0.25, -0.2) is 0 Å². The molecule has 0 bridgehead atoms. The molecule has 1 N–H and O–H groups in total. The van der Waals surface area contributed by atoms with Crippen LogP contribution >= 0.6 is 0 Å². The second-order valence-corrected chi connectivity index (χ2v) is 6.36. The van der Waals surface area contributed by atoms with Gasteiger partial charge in [0.15, 0.2) is 0 Å². The van der Waals surface area contributed by atoms with Crippen molar-refractivity contribution in [2.45, 2.75) is 77.5 Å². The first kappa shape index (κ1) is 12.4. The third-order valence-corrected chi connectivity index (χ3v) is 4.41. The van der Waals surface area contributed by atoms with Crippen LogP contribution in [0.25, 0.3) is 0 Å². The van der Waals surface area contributed by atoms with Gasteiger partial charge in [0, 0.05) is 12.1 Å². The first-order valence-electron chi connectivity index (χ1n) is 7.00. The Kier molecular flexibility index (Phi) is 3.60. The highest BCUT2D eigenvalue weighted by molar-refractivity contribution is 4.97. The molecule has 0 aromatic heterocycles. The molecule has 2 rings (SSSR count). The number of aliphatic hydroxyl groups excluding tert-OH is 1. The van der Waals surface area contributed by atoms with Crippen LogP contribution in [0.1, 0.15) is 59.3 Å². The van der Waals surface area contributed by atoms with Crippen molar-refractivity contribution in [1.29, 1.82) is 0 Å². The zero-order valence-electron chi connectivity index (χ0n) is 11.1. The lowest BCUT2D eigenvalue weighted by molar-refractivity contribution is -0.0598. The minimum atomic E-state index is -0.131. The lowest BCUT2D eigenvalue weighted by Gasteiger charge is -2.46. The number of aliphatic hydroxyl groups is 1. The Morgan fingerprint density at radius 3 is 2.50 bits per heavy atom. The van der Waals surface area contributed by atoms with Crippen molar-refractivity contribution in [3.8, 4) is 0 Å². The van der Waals surface area contributed by atoms with Crippen LogP contribution in [-0.4, -0.2) is 34.7 Å². The first-order chi connectivity index (χ1) is 7.56. The lowest BCUT2D eigenvalue weighted by Crippen LogP contribution is -2.53. The summed E-state index contributed by atoms with van der Waals surface area (Å²) in [5.74, 6) is 0. The van der Waals surface area contributed by atoms with E-state index in [-0.39, 0.29) is 11.5 Å². The molecule has 16 heavy (non-hydrogen) atoms. The van der Waals surface area contributed by atoms with Crippen LogP contribution in [0, 0.1) is 5.41 Å². The largest absolute Gasteiger partial charge is 0.391 e. The summed E-state index contributed by atoms with van der Waals surface area (Å²) in [6.45, 7) is 7.86. The predicted octanol–water partition coefficient (Wildman–Crippen LogP) is 2.80. The molecule has 2 aliphatic rings. The Morgan fingerprint density at radius 2 is 1.94 bits per heavy atom. The average molecular weight is 225 g/mol. The fourth-order valence-electron chi connectivity index (χ4n) is 3.22. The van der Waals surface area contributed by atoms with Gasteiger partial charge in [0.2, 0.25) is 0 Å². The Bertz CT molecular complexity index is 235. The summed E-state index contributed by atoms with van der Waals surface area (Å²) in [5.41, 5.74) is 0.115. The number of rotatable bonds is 4. The first-order valence-corrected chi connectivity index (χ1v) is 7.00. The third kappa shape index (κ3) is 2.43. The number of nitrogens with zero attached hydrogens (tertiary/aromatic N) is 1. The summed E-state index contributed by atoms with van der Waals surface area (Å²) in [6.07, 6.45) is 7.43. The molecule has 94 valence electrons. The van der Waals surface area contributed by atoms with Crippen LogP contribution in [0.4, 0.5) is 0 Å². The van der Waals surface area contributed by atoms with Crippen LogP contribution in [-0.2, 0) is 0 Å². The predicted molar refractivity (Wildman–Crippen MR) is 67.4 cm³/mol. The lowest BCUT2D eigenvalue weighted by atomic mass is 9.72. The standard InChI is InChI=1S/C14H27NO/c1-4-10-15(11-7-8-11)12-6-5-9-14(2,3)13(12)16/h11-13,16H,4-10H2,1-3H3. The Balaban J connectivity index is 2.05. The van der Waals surface area contributed by atoms with Crippen LogP contribution in [0.3, 0.4) is 0 Å². The summed E-state index contributed by atoms with van der Waals surface area (Å²) in [6, 6.07) is 1.21. The van der Waals surface area contributed by atoms with E-state index in [4.69, 9.17) is 0 Å². The van der Waals surface area contributed by atoms with Gasteiger partial charge in [0.1, 0.15) is 0 Å². The summed E-state index contributed by atoms with van der Waals surface area (Å²) in [7, 11) is 0. The maximum Gasteiger partial charge on any atom is 0.0746 e. The SMILES string of the molecule is CCCN(C1CC1)C1CCCC(C)(C)C1O. The van der Waals surface area contributed by atoms with Gasteiger partial charge in [-0.3, -0.25) is 4.90 Å². The Hall–Kier alpha value is -0.0800. The Labute approximate surface area is 100 Å². The normalized spacial score (nSPS) is 34.3. The monoisotopic (exact) mass is 225 g/mol. The van der Waals surface area contributed by atoms with E-state index in [0.29, 0.717) is 6.04 Å². The fraction of sp³-hybridized carbons (Fsp3) is 1.00. The van der Waals surface area contributed by atoms with E-state index in [2.05, 4.69) is 25.7 Å². The van der Waals surface area contributed by atoms with Gasteiger partial charge >= 0.3 is 0 Å². The average Bonchev–Trinajstić information content (AvgIpc) is 3.03. The highest BCUT2D eigenvalue weighted by Gasteiger charge is 2.43. The van der Waals surface area contributed by atoms with Gasteiger partial charge in [-0.05, 0) is 44.1 Å². The van der Waals surface area contributed by atoms with E-state index in [9.17, 15) is 5.11 Å². The van der Waals surface area contributed by atoms with Crippen molar-refractivity contribution in [2.24, 2.45) is 5.41 Å². The molecule has 0 saturated heterocycles. The van der Waals surface area contributed by atoms with E-state index in [1.54, 1.807) is 0 Å². The maximum absolute atomic E-state index is 10.5. The minimum absolute atomic E-state index is 0.115. The zero-order chi connectivity index (χ0) is 11.8. The van der Waals surface area contributed by atoms with E-state index >= 15 is 0 Å². The second kappa shape index (κ2) is 4.66. The van der Waals surface area contributed by atoms with Crippen molar-refractivity contribution in [3.05, 3.63) is 0 Å². The molecule has 0 aromatic carbocycles. The zero-order valence-corrected chi connectivity index (χ0v) is 11.1. The van der Waals surface area contributed by atoms with E-state index in [0.717, 1.165) is 6.04 Å². The molecule has 0 spiro atoms.